The Bertz CT molecular complexity index is 1050. The molecule has 0 saturated carbocycles. The number of Topliss-reactive ketones (excluding diaryl/α,β-unsaturated/α-hetero) is 1. The molecule has 2 aromatic rings. The molecule has 0 spiro atoms. The smallest absolute Gasteiger partial charge is 0.342 e. The lowest BCUT2D eigenvalue weighted by atomic mass is 9.88. The molecular formula is C26H32BrCl2NO6. The van der Waals surface area contributed by atoms with E-state index in [9.17, 15) is 14.4 Å². The van der Waals surface area contributed by atoms with Crippen LogP contribution in [0.5, 0.6) is 0 Å². The van der Waals surface area contributed by atoms with Crippen molar-refractivity contribution < 1.29 is 28.6 Å². The van der Waals surface area contributed by atoms with Crippen molar-refractivity contribution >= 4 is 68.2 Å². The van der Waals surface area contributed by atoms with E-state index in [1.807, 2.05) is 19.9 Å². The van der Waals surface area contributed by atoms with Gasteiger partial charge in [0.2, 0.25) is 0 Å². The highest BCUT2D eigenvalue weighted by Crippen LogP contribution is 2.36. The lowest BCUT2D eigenvalue weighted by molar-refractivity contribution is -0.155. The fraction of sp³-hybridized carbons (Fsp3) is 0.423. The number of para-hydroxylation sites is 1. The van der Waals surface area contributed by atoms with Crippen LogP contribution in [0.15, 0.2) is 36.4 Å². The maximum atomic E-state index is 12.2. The molecule has 0 unspecified atom stereocenters. The summed E-state index contributed by atoms with van der Waals surface area (Å²) >= 11 is 15.6. The van der Waals surface area contributed by atoms with Gasteiger partial charge in [-0.3, -0.25) is 9.59 Å². The van der Waals surface area contributed by atoms with E-state index in [1.54, 1.807) is 51.1 Å². The van der Waals surface area contributed by atoms with Crippen LogP contribution in [-0.2, 0) is 23.8 Å². The lowest BCUT2D eigenvalue weighted by Gasteiger charge is -2.20. The molecule has 0 radical (unpaired) electrons. The monoisotopic (exact) mass is 603 g/mol. The van der Waals surface area contributed by atoms with Crippen molar-refractivity contribution in [2.45, 2.75) is 41.0 Å². The average molecular weight is 605 g/mol. The summed E-state index contributed by atoms with van der Waals surface area (Å²) in [5.74, 6) is -0.788. The van der Waals surface area contributed by atoms with Gasteiger partial charge >= 0.3 is 11.9 Å². The third-order valence-corrected chi connectivity index (χ3v) is 6.21. The van der Waals surface area contributed by atoms with E-state index in [2.05, 4.69) is 21.2 Å². The lowest BCUT2D eigenvalue weighted by Crippen LogP contribution is -2.29. The summed E-state index contributed by atoms with van der Waals surface area (Å²) in [5, 5.41) is 4.38. The number of alkyl halides is 1. The van der Waals surface area contributed by atoms with Gasteiger partial charge in [-0.05, 0) is 58.4 Å². The number of aryl methyl sites for hydroxylation is 1. The molecule has 0 fully saturated rings. The Morgan fingerprint density at radius 2 is 1.67 bits per heavy atom. The molecule has 0 aromatic heterocycles. The maximum absolute atomic E-state index is 12.2. The largest absolute Gasteiger partial charge is 0.466 e. The van der Waals surface area contributed by atoms with Crippen LogP contribution in [0.1, 0.15) is 50.0 Å². The molecule has 0 aliphatic carbocycles. The molecule has 0 aliphatic rings. The molecular weight excluding hydrogens is 573 g/mol. The van der Waals surface area contributed by atoms with Gasteiger partial charge < -0.3 is 19.5 Å². The topological polar surface area (TPSA) is 90.9 Å². The van der Waals surface area contributed by atoms with Crippen LogP contribution in [-0.4, -0.2) is 43.1 Å². The molecule has 198 valence electrons. The first kappa shape index (κ1) is 31.9. The minimum absolute atomic E-state index is 0.0121. The van der Waals surface area contributed by atoms with Crippen molar-refractivity contribution in [3.8, 4) is 0 Å². The van der Waals surface area contributed by atoms with Crippen LogP contribution in [0, 0.1) is 12.3 Å². The zero-order valence-electron chi connectivity index (χ0n) is 21.1. The molecule has 2 aromatic carbocycles. The molecule has 0 saturated heterocycles. The van der Waals surface area contributed by atoms with Gasteiger partial charge in [0.15, 0.2) is 6.79 Å². The fourth-order valence-corrected chi connectivity index (χ4v) is 3.53. The Kier molecular flexibility index (Phi) is 14.1. The van der Waals surface area contributed by atoms with Crippen molar-refractivity contribution in [3.05, 3.63) is 57.6 Å². The van der Waals surface area contributed by atoms with E-state index >= 15 is 0 Å². The van der Waals surface area contributed by atoms with Gasteiger partial charge in [-0.2, -0.15) is 0 Å². The number of carbonyl (C=O) groups is 3. The number of benzene rings is 2. The van der Waals surface area contributed by atoms with Crippen LogP contribution >= 0.6 is 39.1 Å². The molecule has 7 nitrogen and oxygen atoms in total. The third-order valence-electron chi connectivity index (χ3n) is 4.78. The van der Waals surface area contributed by atoms with E-state index in [0.29, 0.717) is 40.2 Å². The second kappa shape index (κ2) is 15.9. The fourth-order valence-electron chi connectivity index (χ4n) is 2.87. The normalized spacial score (nSPS) is 10.7. The van der Waals surface area contributed by atoms with Crippen LogP contribution in [0.2, 0.25) is 10.0 Å². The minimum Gasteiger partial charge on any atom is -0.466 e. The molecule has 10 heteroatoms. The number of anilines is 2. The van der Waals surface area contributed by atoms with Gasteiger partial charge in [-0.1, -0.05) is 57.3 Å². The number of nitrogens with one attached hydrogen (secondary N) is 1. The molecule has 36 heavy (non-hydrogen) atoms. The van der Waals surface area contributed by atoms with Gasteiger partial charge in [0.25, 0.3) is 0 Å². The predicted octanol–water partition coefficient (Wildman–Crippen LogP) is 7.13. The Hall–Kier alpha value is -2.13. The van der Waals surface area contributed by atoms with Crippen molar-refractivity contribution in [3.63, 3.8) is 0 Å². The Labute approximate surface area is 230 Å². The van der Waals surface area contributed by atoms with E-state index in [4.69, 9.17) is 37.4 Å². The van der Waals surface area contributed by atoms with Crippen molar-refractivity contribution in [1.82, 2.24) is 0 Å². The maximum Gasteiger partial charge on any atom is 0.342 e. The SMILES string of the molecule is CCOC(=O)C(C)(C)CC(=O)CBr.CCOCOC(=O)c1ccccc1Nc1c(Cl)ccc(C)c1Cl. The van der Waals surface area contributed by atoms with E-state index in [1.165, 1.54) is 0 Å². The number of hydrogen-bond donors (Lipinski definition) is 1. The van der Waals surface area contributed by atoms with Gasteiger partial charge in [0.1, 0.15) is 5.78 Å². The number of carbonyl (C=O) groups excluding carboxylic acids is 3. The Balaban J connectivity index is 0.000000426. The summed E-state index contributed by atoms with van der Waals surface area (Å²) in [5.41, 5.74) is 1.67. The first-order valence-electron chi connectivity index (χ1n) is 11.3. The van der Waals surface area contributed by atoms with E-state index in [0.717, 1.165) is 5.56 Å². The summed E-state index contributed by atoms with van der Waals surface area (Å²) in [7, 11) is 0. The zero-order valence-corrected chi connectivity index (χ0v) is 24.2. The molecule has 0 aliphatic heterocycles. The van der Waals surface area contributed by atoms with Gasteiger partial charge in [0.05, 0.1) is 44.3 Å². The van der Waals surface area contributed by atoms with Gasteiger partial charge in [-0.25, -0.2) is 4.79 Å². The van der Waals surface area contributed by atoms with Crippen LogP contribution in [0.25, 0.3) is 0 Å². The number of rotatable bonds is 11. The summed E-state index contributed by atoms with van der Waals surface area (Å²) in [4.78, 5) is 34.6. The molecule has 0 heterocycles. The predicted molar refractivity (Wildman–Crippen MR) is 147 cm³/mol. The van der Waals surface area contributed by atoms with E-state index in [-0.39, 0.29) is 30.3 Å². The summed E-state index contributed by atoms with van der Waals surface area (Å²) in [6.07, 6.45) is 0.219. The van der Waals surface area contributed by atoms with Crippen LogP contribution < -0.4 is 5.32 Å². The van der Waals surface area contributed by atoms with Crippen LogP contribution in [0.4, 0.5) is 11.4 Å². The summed E-state index contributed by atoms with van der Waals surface area (Å²) in [6, 6.07) is 10.6. The average Bonchev–Trinajstić information content (AvgIpc) is 2.84. The highest BCUT2D eigenvalue weighted by molar-refractivity contribution is 9.09. The Morgan fingerprint density at radius 1 is 1.00 bits per heavy atom. The second-order valence-corrected chi connectivity index (χ2v) is 9.57. The van der Waals surface area contributed by atoms with Crippen LogP contribution in [0.3, 0.4) is 0 Å². The highest BCUT2D eigenvalue weighted by atomic mass is 79.9. The molecule has 1 N–H and O–H groups in total. The molecule has 0 bridgehead atoms. The Morgan fingerprint density at radius 3 is 2.28 bits per heavy atom. The standard InChI is InChI=1S/C17H17Cl2NO3.C9H15BrO3/c1-3-22-10-23-17(21)12-6-4-5-7-14(12)20-16-13(18)9-8-11(2)15(16)19;1-4-13-8(12)9(2,3)5-7(11)6-10/h4-9,20H,3,10H2,1-2H3;4-6H2,1-3H3. The molecule has 2 rings (SSSR count). The minimum atomic E-state index is -0.707. The zero-order chi connectivity index (χ0) is 27.3. The van der Waals surface area contributed by atoms with Crippen molar-refractivity contribution in [1.29, 1.82) is 0 Å². The van der Waals surface area contributed by atoms with Gasteiger partial charge in [0, 0.05) is 13.0 Å². The third kappa shape index (κ3) is 10.1. The highest BCUT2D eigenvalue weighted by Gasteiger charge is 2.31. The summed E-state index contributed by atoms with van der Waals surface area (Å²) < 4.78 is 14.9. The van der Waals surface area contributed by atoms with Crippen molar-refractivity contribution in [2.24, 2.45) is 5.41 Å². The first-order valence-corrected chi connectivity index (χ1v) is 13.2. The van der Waals surface area contributed by atoms with E-state index < -0.39 is 11.4 Å². The second-order valence-electron chi connectivity index (χ2n) is 8.22. The molecule has 0 atom stereocenters. The number of halogens is 3. The molecule has 0 amide bonds. The summed E-state index contributed by atoms with van der Waals surface area (Å²) in [6.45, 7) is 9.62. The number of ether oxygens (including phenoxy) is 3. The quantitative estimate of drug-likeness (QED) is 0.126. The van der Waals surface area contributed by atoms with Gasteiger partial charge in [-0.15, -0.1) is 0 Å². The number of esters is 2. The number of ketones is 1. The number of hydrogen-bond acceptors (Lipinski definition) is 7. The first-order chi connectivity index (χ1) is 17.0. The van der Waals surface area contributed by atoms with Crippen molar-refractivity contribution in [2.75, 3.05) is 30.7 Å².